The summed E-state index contributed by atoms with van der Waals surface area (Å²) in [5.74, 6) is 1.64. The Morgan fingerprint density at radius 3 is 2.58 bits per heavy atom. The van der Waals surface area contributed by atoms with Crippen LogP contribution in [0.4, 0.5) is 0 Å². The minimum absolute atomic E-state index is 0.185. The van der Waals surface area contributed by atoms with Crippen LogP contribution in [0.15, 0.2) is 48.8 Å². The van der Waals surface area contributed by atoms with Crippen LogP contribution in [0.3, 0.4) is 0 Å². The van der Waals surface area contributed by atoms with E-state index in [0.717, 1.165) is 56.8 Å². The van der Waals surface area contributed by atoms with Crippen molar-refractivity contribution in [3.63, 3.8) is 0 Å². The van der Waals surface area contributed by atoms with E-state index >= 15 is 0 Å². The van der Waals surface area contributed by atoms with Gasteiger partial charge in [0.1, 0.15) is 12.4 Å². The highest BCUT2D eigenvalue weighted by atomic mass is 16.5. The first-order valence-corrected chi connectivity index (χ1v) is 12.1. The summed E-state index contributed by atoms with van der Waals surface area (Å²) in [6, 6.07) is 15.6. The van der Waals surface area contributed by atoms with E-state index in [4.69, 9.17) is 4.74 Å². The van der Waals surface area contributed by atoms with E-state index in [1.807, 2.05) is 4.90 Å². The van der Waals surface area contributed by atoms with Crippen LogP contribution in [-0.4, -0.2) is 51.8 Å². The summed E-state index contributed by atoms with van der Waals surface area (Å²) in [5, 5.41) is 6.88. The highest BCUT2D eigenvalue weighted by Gasteiger charge is 2.55. The Balaban J connectivity index is 1.11. The topological polar surface area (TPSA) is 71.1 Å². The van der Waals surface area contributed by atoms with Crippen molar-refractivity contribution in [2.75, 3.05) is 19.7 Å². The predicted octanol–water partition coefficient (Wildman–Crippen LogP) is 4.72. The molecule has 3 fully saturated rings. The molecular formula is C27H30N4O2. The molecule has 6 rings (SSSR count). The number of carbonyl (C=O) groups is 1. The van der Waals surface area contributed by atoms with Crippen molar-refractivity contribution in [1.29, 1.82) is 0 Å². The second kappa shape index (κ2) is 8.10. The van der Waals surface area contributed by atoms with Crippen molar-refractivity contribution < 1.29 is 9.53 Å². The molecule has 1 saturated carbocycles. The Kier molecular flexibility index (Phi) is 5.06. The van der Waals surface area contributed by atoms with Crippen molar-refractivity contribution in [3.8, 4) is 22.5 Å². The number of ether oxygens (including phenoxy) is 1. The molecule has 1 spiro atoms. The van der Waals surface area contributed by atoms with Crippen molar-refractivity contribution >= 4 is 5.91 Å². The molecule has 1 N–H and O–H groups in total. The normalized spacial score (nSPS) is 23.7. The number of amides is 1. The minimum Gasteiger partial charge on any atom is -0.368 e. The number of aromatic nitrogens is 3. The number of nitrogens with zero attached hydrogens (tertiary/aromatic N) is 3. The molecule has 0 unspecified atom stereocenters. The van der Waals surface area contributed by atoms with Crippen LogP contribution < -0.4 is 0 Å². The largest absolute Gasteiger partial charge is 0.368 e. The van der Waals surface area contributed by atoms with E-state index in [1.54, 1.807) is 0 Å². The van der Waals surface area contributed by atoms with Gasteiger partial charge in [-0.15, -0.1) is 0 Å². The fourth-order valence-electron chi connectivity index (χ4n) is 5.89. The van der Waals surface area contributed by atoms with Gasteiger partial charge in [-0.05, 0) is 78.7 Å². The molecule has 170 valence electrons. The SMILES string of the molecule is Cc1cc(-c2ncn[nH]2)ccc1-c1ccc([C@H]2CC23CCN(C(=O)[C@H]2CCCO2)CC3)cc1. The van der Waals surface area contributed by atoms with Gasteiger partial charge in [0.2, 0.25) is 0 Å². The average Bonchev–Trinajstić information content (AvgIpc) is 3.28. The summed E-state index contributed by atoms with van der Waals surface area (Å²) in [5.41, 5.74) is 6.60. The molecule has 2 aromatic carbocycles. The smallest absolute Gasteiger partial charge is 0.251 e. The molecule has 2 aliphatic heterocycles. The second-order valence-corrected chi connectivity index (χ2v) is 9.93. The number of hydrogen-bond donors (Lipinski definition) is 1. The number of likely N-dealkylation sites (tertiary alicyclic amines) is 1. The third-order valence-corrected chi connectivity index (χ3v) is 8.00. The first-order chi connectivity index (χ1) is 16.1. The first kappa shape index (κ1) is 20.6. The quantitative estimate of drug-likeness (QED) is 0.635. The fourth-order valence-corrected chi connectivity index (χ4v) is 5.89. The minimum atomic E-state index is -0.185. The Morgan fingerprint density at radius 1 is 1.12 bits per heavy atom. The average molecular weight is 443 g/mol. The molecule has 3 heterocycles. The summed E-state index contributed by atoms with van der Waals surface area (Å²) in [6.45, 7) is 4.64. The zero-order valence-electron chi connectivity index (χ0n) is 19.1. The van der Waals surface area contributed by atoms with Crippen LogP contribution in [0, 0.1) is 12.3 Å². The number of nitrogens with one attached hydrogen (secondary N) is 1. The lowest BCUT2D eigenvalue weighted by Gasteiger charge is -2.34. The number of rotatable bonds is 4. The van der Waals surface area contributed by atoms with Crippen molar-refractivity contribution in [2.24, 2.45) is 5.41 Å². The molecule has 1 amide bonds. The maximum Gasteiger partial charge on any atom is 0.251 e. The van der Waals surface area contributed by atoms with E-state index in [-0.39, 0.29) is 12.0 Å². The van der Waals surface area contributed by atoms with Gasteiger partial charge in [-0.1, -0.05) is 36.4 Å². The van der Waals surface area contributed by atoms with E-state index in [9.17, 15) is 4.79 Å². The lowest BCUT2D eigenvalue weighted by molar-refractivity contribution is -0.142. The van der Waals surface area contributed by atoms with Gasteiger partial charge >= 0.3 is 0 Å². The molecule has 0 radical (unpaired) electrons. The van der Waals surface area contributed by atoms with Crippen molar-refractivity contribution in [1.82, 2.24) is 20.1 Å². The zero-order valence-corrected chi connectivity index (χ0v) is 19.1. The van der Waals surface area contributed by atoms with Crippen LogP contribution in [0.1, 0.15) is 49.1 Å². The molecule has 3 aliphatic rings. The summed E-state index contributed by atoms with van der Waals surface area (Å²) < 4.78 is 5.61. The standard InChI is InChI=1S/C27H30N4O2/c1-18-15-21(25-28-17-29-30-25)8-9-22(18)19-4-6-20(7-5-19)23-16-27(23)10-12-31(13-11-27)26(32)24-3-2-14-33-24/h4-9,15,17,23-24H,2-3,10-14,16H2,1H3,(H,28,29,30)/t23-,24-/m1/s1. The Bertz CT molecular complexity index is 1140. The van der Waals surface area contributed by atoms with Crippen LogP contribution >= 0.6 is 0 Å². The monoisotopic (exact) mass is 442 g/mol. The van der Waals surface area contributed by atoms with Gasteiger partial charge in [-0.2, -0.15) is 5.10 Å². The molecule has 3 aromatic rings. The third kappa shape index (κ3) is 3.76. The maximum atomic E-state index is 12.7. The van der Waals surface area contributed by atoms with E-state index < -0.39 is 0 Å². The number of H-pyrrole nitrogens is 1. The highest BCUT2D eigenvalue weighted by molar-refractivity contribution is 5.81. The fraction of sp³-hybridized carbons (Fsp3) is 0.444. The van der Waals surface area contributed by atoms with Gasteiger partial charge in [0.05, 0.1) is 0 Å². The molecule has 2 saturated heterocycles. The maximum absolute atomic E-state index is 12.7. The summed E-state index contributed by atoms with van der Waals surface area (Å²) in [4.78, 5) is 19.0. The molecule has 6 nitrogen and oxygen atoms in total. The van der Waals surface area contributed by atoms with Gasteiger partial charge in [-0.25, -0.2) is 4.98 Å². The number of piperidine rings is 1. The molecule has 2 atom stereocenters. The number of aryl methyl sites for hydroxylation is 1. The van der Waals surface area contributed by atoms with Crippen LogP contribution in [-0.2, 0) is 9.53 Å². The number of carbonyl (C=O) groups excluding carboxylic acids is 1. The lowest BCUT2D eigenvalue weighted by atomic mass is 9.88. The highest BCUT2D eigenvalue weighted by Crippen LogP contribution is 2.65. The van der Waals surface area contributed by atoms with Crippen LogP contribution in [0.25, 0.3) is 22.5 Å². The van der Waals surface area contributed by atoms with Gasteiger partial charge < -0.3 is 9.64 Å². The zero-order chi connectivity index (χ0) is 22.4. The summed E-state index contributed by atoms with van der Waals surface area (Å²) in [6.07, 6.45) is 6.72. The van der Waals surface area contributed by atoms with Crippen molar-refractivity contribution in [3.05, 3.63) is 59.9 Å². The Labute approximate surface area is 194 Å². The van der Waals surface area contributed by atoms with E-state index in [2.05, 4.69) is 64.6 Å². The molecule has 6 heteroatoms. The Morgan fingerprint density at radius 2 is 1.91 bits per heavy atom. The van der Waals surface area contributed by atoms with E-state index in [0.29, 0.717) is 11.3 Å². The first-order valence-electron chi connectivity index (χ1n) is 12.1. The molecular weight excluding hydrogens is 412 g/mol. The second-order valence-electron chi connectivity index (χ2n) is 9.93. The summed E-state index contributed by atoms with van der Waals surface area (Å²) in [7, 11) is 0. The summed E-state index contributed by atoms with van der Waals surface area (Å²) >= 11 is 0. The number of benzene rings is 2. The van der Waals surface area contributed by atoms with Gasteiger partial charge in [0, 0.05) is 25.3 Å². The van der Waals surface area contributed by atoms with Gasteiger partial charge in [-0.3, -0.25) is 9.89 Å². The van der Waals surface area contributed by atoms with Crippen molar-refractivity contribution in [2.45, 2.75) is 51.0 Å². The van der Waals surface area contributed by atoms with E-state index in [1.165, 1.54) is 35.0 Å². The van der Waals surface area contributed by atoms with Crippen LogP contribution in [0.2, 0.25) is 0 Å². The number of aromatic amines is 1. The third-order valence-electron chi connectivity index (χ3n) is 8.00. The Hall–Kier alpha value is -2.99. The van der Waals surface area contributed by atoms with Gasteiger partial charge in [0.25, 0.3) is 5.91 Å². The lowest BCUT2D eigenvalue weighted by Crippen LogP contribution is -2.44. The molecule has 0 bridgehead atoms. The predicted molar refractivity (Wildman–Crippen MR) is 127 cm³/mol. The van der Waals surface area contributed by atoms with Gasteiger partial charge in [0.15, 0.2) is 5.82 Å². The molecule has 1 aromatic heterocycles. The molecule has 33 heavy (non-hydrogen) atoms. The molecule has 1 aliphatic carbocycles. The van der Waals surface area contributed by atoms with Crippen LogP contribution in [0.5, 0.6) is 0 Å². The number of hydrogen-bond acceptors (Lipinski definition) is 4.